The molecule has 0 N–H and O–H groups in total. The summed E-state index contributed by atoms with van der Waals surface area (Å²) in [5.41, 5.74) is 2.75. The second kappa shape index (κ2) is 8.63. The highest BCUT2D eigenvalue weighted by atomic mass is 32.2. The first-order valence-electron chi connectivity index (χ1n) is 8.45. The molecule has 0 aliphatic carbocycles. The van der Waals surface area contributed by atoms with Gasteiger partial charge in [0.25, 0.3) is 0 Å². The molecule has 0 spiro atoms. The van der Waals surface area contributed by atoms with E-state index in [1.165, 1.54) is 0 Å². The van der Waals surface area contributed by atoms with Gasteiger partial charge in [0.15, 0.2) is 5.78 Å². The molecule has 0 bridgehead atoms. The summed E-state index contributed by atoms with van der Waals surface area (Å²) in [6.07, 6.45) is 5.61. The molecule has 0 saturated carbocycles. The van der Waals surface area contributed by atoms with Gasteiger partial charge in [-0.15, -0.1) is 0 Å². The molecule has 0 atom stereocenters. The van der Waals surface area contributed by atoms with Crippen molar-refractivity contribution < 1.29 is 9.53 Å². The van der Waals surface area contributed by atoms with Gasteiger partial charge in [-0.2, -0.15) is 0 Å². The van der Waals surface area contributed by atoms with E-state index in [2.05, 4.69) is 9.97 Å². The summed E-state index contributed by atoms with van der Waals surface area (Å²) >= 11 is 1.56. The van der Waals surface area contributed by atoms with Crippen molar-refractivity contribution in [2.45, 2.75) is 36.7 Å². The largest absolute Gasteiger partial charge is 0.489 e. The van der Waals surface area contributed by atoms with E-state index in [0.717, 1.165) is 26.8 Å². The molecule has 0 saturated heterocycles. The van der Waals surface area contributed by atoms with Gasteiger partial charge in [-0.1, -0.05) is 18.7 Å². The number of hydrogen-bond acceptors (Lipinski definition) is 5. The highest BCUT2D eigenvalue weighted by molar-refractivity contribution is 7.99. The maximum absolute atomic E-state index is 12.0. The molecular weight excluding hydrogens is 344 g/mol. The van der Waals surface area contributed by atoms with Gasteiger partial charge in [0.05, 0.1) is 0 Å². The van der Waals surface area contributed by atoms with Gasteiger partial charge in [0, 0.05) is 46.1 Å². The number of benzene rings is 1. The van der Waals surface area contributed by atoms with Gasteiger partial charge in [-0.05, 0) is 55.0 Å². The van der Waals surface area contributed by atoms with Crippen molar-refractivity contribution in [1.82, 2.24) is 9.97 Å². The van der Waals surface area contributed by atoms with E-state index in [1.54, 1.807) is 30.4 Å². The second-order valence-corrected chi connectivity index (χ2v) is 6.93. The lowest BCUT2D eigenvalue weighted by Gasteiger charge is -2.09. The van der Waals surface area contributed by atoms with E-state index < -0.39 is 0 Å². The molecule has 4 nitrogen and oxygen atoms in total. The lowest BCUT2D eigenvalue weighted by atomic mass is 10.1. The zero-order valence-electron chi connectivity index (χ0n) is 14.8. The van der Waals surface area contributed by atoms with E-state index in [9.17, 15) is 4.79 Å². The molecule has 3 rings (SSSR count). The molecule has 0 aliphatic heterocycles. The summed E-state index contributed by atoms with van der Waals surface area (Å²) < 4.78 is 5.83. The van der Waals surface area contributed by atoms with Crippen molar-refractivity contribution >= 4 is 17.5 Å². The summed E-state index contributed by atoms with van der Waals surface area (Å²) in [4.78, 5) is 22.3. The molecule has 26 heavy (non-hydrogen) atoms. The third-order valence-corrected chi connectivity index (χ3v) is 4.90. The predicted molar refractivity (Wildman–Crippen MR) is 103 cm³/mol. The molecule has 5 heteroatoms. The smallest absolute Gasteiger partial charge is 0.165 e. The number of rotatable bonds is 7. The van der Waals surface area contributed by atoms with Crippen molar-refractivity contribution in [3.8, 4) is 5.75 Å². The minimum absolute atomic E-state index is 0.105. The third kappa shape index (κ3) is 4.70. The topological polar surface area (TPSA) is 52.1 Å². The predicted octanol–water partition coefficient (Wildman–Crippen LogP) is 5.11. The van der Waals surface area contributed by atoms with E-state index >= 15 is 0 Å². The number of hydrogen-bond donors (Lipinski definition) is 0. The zero-order chi connectivity index (χ0) is 18.4. The van der Waals surface area contributed by atoms with E-state index in [4.69, 9.17) is 4.74 Å². The van der Waals surface area contributed by atoms with Crippen LogP contribution in [0, 0.1) is 6.92 Å². The van der Waals surface area contributed by atoms with Crippen LogP contribution in [0.3, 0.4) is 0 Å². The van der Waals surface area contributed by atoms with Crippen molar-refractivity contribution in [3.05, 3.63) is 77.9 Å². The Morgan fingerprint density at radius 1 is 1.12 bits per heavy atom. The third-order valence-electron chi connectivity index (χ3n) is 3.82. The van der Waals surface area contributed by atoms with Crippen molar-refractivity contribution in [2.24, 2.45) is 0 Å². The standard InChI is InChI=1S/C21H20N2O2S/c1-3-20(24)19-13-22-10-9-21(19)26-18-6-4-17(5-7-18)25-14-16-8-11-23-15(2)12-16/h4-13H,3,14H2,1-2H3. The van der Waals surface area contributed by atoms with E-state index in [1.807, 2.05) is 56.3 Å². The molecule has 2 heterocycles. The fourth-order valence-corrected chi connectivity index (χ4v) is 3.39. The number of carbonyl (C=O) groups is 1. The van der Waals surface area contributed by atoms with Gasteiger partial charge in [-0.25, -0.2) is 0 Å². The van der Waals surface area contributed by atoms with Crippen LogP contribution in [0.1, 0.15) is 35.0 Å². The summed E-state index contributed by atoms with van der Waals surface area (Å²) in [5, 5.41) is 0. The van der Waals surface area contributed by atoms with Crippen molar-refractivity contribution in [3.63, 3.8) is 0 Å². The Morgan fingerprint density at radius 2 is 1.92 bits per heavy atom. The quantitative estimate of drug-likeness (QED) is 0.545. The lowest BCUT2D eigenvalue weighted by Crippen LogP contribution is -1.99. The molecule has 132 valence electrons. The molecule has 0 radical (unpaired) electrons. The Labute approximate surface area is 157 Å². The lowest BCUT2D eigenvalue weighted by molar-refractivity contribution is 0.0985. The van der Waals surface area contributed by atoms with Gasteiger partial charge in [0.1, 0.15) is 12.4 Å². The Balaban J connectivity index is 1.66. The Bertz CT molecular complexity index is 895. The van der Waals surface area contributed by atoms with Gasteiger partial charge >= 0.3 is 0 Å². The fraction of sp³-hybridized carbons (Fsp3) is 0.190. The SMILES string of the molecule is CCC(=O)c1cnccc1Sc1ccc(OCc2ccnc(C)c2)cc1. The van der Waals surface area contributed by atoms with Gasteiger partial charge in [0.2, 0.25) is 0 Å². The maximum Gasteiger partial charge on any atom is 0.165 e. The maximum atomic E-state index is 12.0. The van der Waals surface area contributed by atoms with Crippen molar-refractivity contribution in [2.75, 3.05) is 0 Å². The fourth-order valence-electron chi connectivity index (χ4n) is 2.46. The first kappa shape index (κ1) is 18.1. The van der Waals surface area contributed by atoms with Crippen LogP contribution in [0.5, 0.6) is 5.75 Å². The van der Waals surface area contributed by atoms with Crippen LogP contribution < -0.4 is 4.74 Å². The second-order valence-electron chi connectivity index (χ2n) is 5.82. The molecule has 0 aliphatic rings. The van der Waals surface area contributed by atoms with Crippen molar-refractivity contribution in [1.29, 1.82) is 0 Å². The molecule has 0 amide bonds. The van der Waals surface area contributed by atoms with Gasteiger partial charge in [-0.3, -0.25) is 14.8 Å². The first-order valence-corrected chi connectivity index (χ1v) is 9.27. The monoisotopic (exact) mass is 364 g/mol. The Kier molecular flexibility index (Phi) is 6.02. The number of aromatic nitrogens is 2. The minimum Gasteiger partial charge on any atom is -0.489 e. The van der Waals surface area contributed by atoms with E-state index in [-0.39, 0.29) is 5.78 Å². The van der Waals surface area contributed by atoms with Crippen LogP contribution in [0.4, 0.5) is 0 Å². The number of Topliss-reactive ketones (excluding diaryl/α,β-unsaturated/α-hetero) is 1. The summed E-state index contributed by atoms with van der Waals surface area (Å²) in [6, 6.07) is 13.7. The molecule has 2 aromatic heterocycles. The Hall–Kier alpha value is -2.66. The average Bonchev–Trinajstić information content (AvgIpc) is 2.67. The van der Waals surface area contributed by atoms with Crippen LogP contribution in [-0.4, -0.2) is 15.8 Å². The van der Waals surface area contributed by atoms with Crippen LogP contribution in [0.15, 0.2) is 70.8 Å². The van der Waals surface area contributed by atoms with Crippen LogP contribution in [-0.2, 0) is 6.61 Å². The number of aryl methyl sites for hydroxylation is 1. The number of carbonyl (C=O) groups excluding carboxylic acids is 1. The zero-order valence-corrected chi connectivity index (χ0v) is 15.6. The molecular formula is C21H20N2O2S. The summed E-state index contributed by atoms with van der Waals surface area (Å²) in [5.74, 6) is 0.914. The van der Waals surface area contributed by atoms with Crippen LogP contribution >= 0.6 is 11.8 Å². The number of ether oxygens (including phenoxy) is 1. The number of pyridine rings is 2. The van der Waals surface area contributed by atoms with Crippen LogP contribution in [0.2, 0.25) is 0 Å². The first-order chi connectivity index (χ1) is 12.7. The highest BCUT2D eigenvalue weighted by Gasteiger charge is 2.11. The molecule has 1 aromatic carbocycles. The Morgan fingerprint density at radius 3 is 2.65 bits per heavy atom. The molecule has 3 aromatic rings. The normalized spacial score (nSPS) is 10.5. The number of nitrogens with zero attached hydrogens (tertiary/aromatic N) is 2. The van der Waals surface area contributed by atoms with Crippen LogP contribution in [0.25, 0.3) is 0 Å². The summed E-state index contributed by atoms with van der Waals surface area (Å²) in [7, 11) is 0. The van der Waals surface area contributed by atoms with Gasteiger partial charge < -0.3 is 4.74 Å². The molecule has 0 unspecified atom stereocenters. The average molecular weight is 364 g/mol. The minimum atomic E-state index is 0.105. The summed E-state index contributed by atoms with van der Waals surface area (Å²) in [6.45, 7) is 4.34. The highest BCUT2D eigenvalue weighted by Crippen LogP contribution is 2.31. The molecule has 0 fully saturated rings. The van der Waals surface area contributed by atoms with E-state index in [0.29, 0.717) is 18.6 Å². The number of ketones is 1.